The molecule has 4 heterocycles. The Morgan fingerprint density at radius 1 is 1.03 bits per heavy atom. The van der Waals surface area contributed by atoms with Crippen molar-refractivity contribution in [3.63, 3.8) is 0 Å². The zero-order valence-corrected chi connectivity index (χ0v) is 16.3. The highest BCUT2D eigenvalue weighted by atomic mass is 16.1. The molecule has 0 spiro atoms. The van der Waals surface area contributed by atoms with Gasteiger partial charge < -0.3 is 11.1 Å². The molecule has 0 atom stereocenters. The van der Waals surface area contributed by atoms with Crippen molar-refractivity contribution in [3.05, 3.63) is 77.1 Å². The fourth-order valence-corrected chi connectivity index (χ4v) is 2.73. The Labute approximate surface area is 172 Å². The number of carbonyl (C=O) groups is 1. The molecule has 30 heavy (non-hydrogen) atoms. The molecular formula is C22H17N7O. The first kappa shape index (κ1) is 19.0. The molecule has 4 aromatic heterocycles. The summed E-state index contributed by atoms with van der Waals surface area (Å²) in [5.41, 5.74) is 10.3. The topological polar surface area (TPSA) is 120 Å². The Bertz CT molecular complexity index is 1320. The molecule has 1 amide bonds. The number of rotatable bonds is 2. The molecule has 4 aromatic rings. The largest absolute Gasteiger partial charge is 0.383 e. The summed E-state index contributed by atoms with van der Waals surface area (Å²) < 4.78 is 0. The van der Waals surface area contributed by atoms with E-state index in [0.29, 0.717) is 33.5 Å². The van der Waals surface area contributed by atoms with Crippen LogP contribution in [0.4, 0.5) is 11.6 Å². The third-order valence-electron chi connectivity index (χ3n) is 4.39. The second kappa shape index (κ2) is 7.93. The summed E-state index contributed by atoms with van der Waals surface area (Å²) in [5, 5.41) is 2.72. The van der Waals surface area contributed by atoms with Crippen LogP contribution in [0.15, 0.2) is 49.1 Å². The Morgan fingerprint density at radius 2 is 1.87 bits per heavy atom. The number of hydrogen-bond acceptors (Lipinski definition) is 7. The minimum Gasteiger partial charge on any atom is -0.383 e. The van der Waals surface area contributed by atoms with Crippen molar-refractivity contribution >= 4 is 28.6 Å². The maximum absolute atomic E-state index is 12.5. The van der Waals surface area contributed by atoms with Gasteiger partial charge in [-0.2, -0.15) is 0 Å². The summed E-state index contributed by atoms with van der Waals surface area (Å²) in [4.78, 5) is 33.9. The second-order valence-corrected chi connectivity index (χ2v) is 6.53. The number of pyridine rings is 3. The molecule has 0 radical (unpaired) electrons. The summed E-state index contributed by atoms with van der Waals surface area (Å²) in [5.74, 6) is 6.40. The van der Waals surface area contributed by atoms with E-state index in [-0.39, 0.29) is 11.7 Å². The predicted octanol–water partition coefficient (Wildman–Crippen LogP) is 2.67. The van der Waals surface area contributed by atoms with E-state index in [2.05, 4.69) is 42.1 Å². The number of nitrogens with two attached hydrogens (primary N) is 1. The highest BCUT2D eigenvalue weighted by Crippen LogP contribution is 2.19. The Kier molecular flexibility index (Phi) is 5.01. The number of nitrogen functional groups attached to an aromatic ring is 1. The standard InChI is InChI=1S/C22H17N7O/c1-13-14(2)28-20-17(21(23)26-12-18(20)27-13)7-6-15-9-16(11-24-10-15)22(30)29-19-5-3-4-8-25-19/h3-5,8-12H,1-2H3,(H2,23,26)(H,25,29,30). The lowest BCUT2D eigenvalue weighted by molar-refractivity contribution is 0.102. The Morgan fingerprint density at radius 3 is 2.67 bits per heavy atom. The number of nitrogens with one attached hydrogen (secondary N) is 1. The van der Waals surface area contributed by atoms with E-state index >= 15 is 0 Å². The van der Waals surface area contributed by atoms with Crippen molar-refractivity contribution in [3.8, 4) is 11.8 Å². The van der Waals surface area contributed by atoms with E-state index in [1.165, 1.54) is 6.20 Å². The van der Waals surface area contributed by atoms with Crippen LogP contribution in [0.5, 0.6) is 0 Å². The van der Waals surface area contributed by atoms with Crippen LogP contribution < -0.4 is 11.1 Å². The molecule has 0 aliphatic heterocycles. The number of carbonyl (C=O) groups excluding carboxylic acids is 1. The van der Waals surface area contributed by atoms with E-state index in [4.69, 9.17) is 5.73 Å². The average Bonchev–Trinajstić information content (AvgIpc) is 2.75. The molecule has 0 bridgehead atoms. The smallest absolute Gasteiger partial charge is 0.258 e. The van der Waals surface area contributed by atoms with Crippen LogP contribution in [0.25, 0.3) is 11.0 Å². The van der Waals surface area contributed by atoms with E-state index < -0.39 is 0 Å². The molecule has 0 unspecified atom stereocenters. The van der Waals surface area contributed by atoms with Crippen LogP contribution in [0.3, 0.4) is 0 Å². The summed E-state index contributed by atoms with van der Waals surface area (Å²) in [6.45, 7) is 3.76. The van der Waals surface area contributed by atoms with E-state index in [9.17, 15) is 4.79 Å². The molecular weight excluding hydrogens is 378 g/mol. The van der Waals surface area contributed by atoms with Gasteiger partial charge in [-0.05, 0) is 32.0 Å². The second-order valence-electron chi connectivity index (χ2n) is 6.53. The molecule has 8 heteroatoms. The SMILES string of the molecule is Cc1nc2cnc(N)c(C#Cc3cncc(C(=O)Nc4ccccn4)c3)c2nc1C. The molecule has 8 nitrogen and oxygen atoms in total. The predicted molar refractivity (Wildman–Crippen MR) is 114 cm³/mol. The summed E-state index contributed by atoms with van der Waals surface area (Å²) >= 11 is 0. The number of anilines is 2. The highest BCUT2D eigenvalue weighted by Gasteiger charge is 2.10. The fraction of sp³-hybridized carbons (Fsp3) is 0.0909. The molecule has 4 rings (SSSR count). The number of fused-ring (bicyclic) bond motifs is 1. The van der Waals surface area contributed by atoms with Crippen molar-refractivity contribution in [2.45, 2.75) is 13.8 Å². The normalized spacial score (nSPS) is 10.3. The maximum atomic E-state index is 12.5. The van der Waals surface area contributed by atoms with Crippen molar-refractivity contribution in [2.75, 3.05) is 11.1 Å². The lowest BCUT2D eigenvalue weighted by Gasteiger charge is -2.05. The van der Waals surface area contributed by atoms with Crippen LogP contribution in [-0.4, -0.2) is 30.8 Å². The number of aromatic nitrogens is 5. The molecule has 0 fully saturated rings. The van der Waals surface area contributed by atoms with Gasteiger partial charge in [0.05, 0.1) is 28.7 Å². The molecule has 3 N–H and O–H groups in total. The molecule has 0 aliphatic carbocycles. The van der Waals surface area contributed by atoms with Crippen molar-refractivity contribution in [1.82, 2.24) is 24.9 Å². The minimum absolute atomic E-state index is 0.268. The van der Waals surface area contributed by atoms with Gasteiger partial charge in [0.1, 0.15) is 22.7 Å². The zero-order valence-electron chi connectivity index (χ0n) is 16.3. The lowest BCUT2D eigenvalue weighted by atomic mass is 10.1. The first-order valence-electron chi connectivity index (χ1n) is 9.10. The van der Waals surface area contributed by atoms with Crippen LogP contribution >= 0.6 is 0 Å². The third kappa shape index (κ3) is 3.91. The monoisotopic (exact) mass is 395 g/mol. The quantitative estimate of drug-likeness (QED) is 0.501. The van der Waals surface area contributed by atoms with Gasteiger partial charge >= 0.3 is 0 Å². The molecule has 146 valence electrons. The van der Waals surface area contributed by atoms with E-state index in [1.54, 1.807) is 42.9 Å². The van der Waals surface area contributed by atoms with Crippen LogP contribution in [0.1, 0.15) is 32.9 Å². The first-order chi connectivity index (χ1) is 14.5. The molecule has 0 aromatic carbocycles. The lowest BCUT2D eigenvalue weighted by Crippen LogP contribution is -2.13. The minimum atomic E-state index is -0.326. The number of nitrogens with zero attached hydrogens (tertiary/aromatic N) is 5. The third-order valence-corrected chi connectivity index (χ3v) is 4.39. The highest BCUT2D eigenvalue weighted by molar-refractivity contribution is 6.03. The van der Waals surface area contributed by atoms with Gasteiger partial charge in [0.2, 0.25) is 0 Å². The van der Waals surface area contributed by atoms with E-state index in [1.807, 2.05) is 13.8 Å². The Hall–Kier alpha value is -4.38. The van der Waals surface area contributed by atoms with Gasteiger partial charge in [0.15, 0.2) is 0 Å². The van der Waals surface area contributed by atoms with Gasteiger partial charge in [0.25, 0.3) is 5.91 Å². The van der Waals surface area contributed by atoms with Crippen molar-refractivity contribution in [1.29, 1.82) is 0 Å². The maximum Gasteiger partial charge on any atom is 0.258 e. The van der Waals surface area contributed by atoms with Gasteiger partial charge in [-0.25, -0.2) is 19.9 Å². The van der Waals surface area contributed by atoms with Crippen molar-refractivity contribution < 1.29 is 4.79 Å². The van der Waals surface area contributed by atoms with Gasteiger partial charge in [-0.15, -0.1) is 0 Å². The number of hydrogen-bond donors (Lipinski definition) is 2. The summed E-state index contributed by atoms with van der Waals surface area (Å²) in [6.07, 6.45) is 6.22. The Balaban J connectivity index is 1.67. The molecule has 0 saturated heterocycles. The summed E-state index contributed by atoms with van der Waals surface area (Å²) in [7, 11) is 0. The zero-order chi connectivity index (χ0) is 21.1. The van der Waals surface area contributed by atoms with Crippen molar-refractivity contribution in [2.24, 2.45) is 0 Å². The summed E-state index contributed by atoms with van der Waals surface area (Å²) in [6, 6.07) is 6.91. The van der Waals surface area contributed by atoms with Crippen LogP contribution in [0, 0.1) is 25.7 Å². The fourth-order valence-electron chi connectivity index (χ4n) is 2.73. The average molecular weight is 395 g/mol. The molecule has 0 saturated carbocycles. The molecule has 0 aliphatic rings. The van der Waals surface area contributed by atoms with Gasteiger partial charge in [-0.3, -0.25) is 9.78 Å². The van der Waals surface area contributed by atoms with Gasteiger partial charge in [0, 0.05) is 24.2 Å². The van der Waals surface area contributed by atoms with Crippen LogP contribution in [-0.2, 0) is 0 Å². The van der Waals surface area contributed by atoms with Gasteiger partial charge in [-0.1, -0.05) is 17.9 Å². The number of amides is 1. The number of aryl methyl sites for hydroxylation is 2. The van der Waals surface area contributed by atoms with E-state index in [0.717, 1.165) is 11.4 Å². The van der Waals surface area contributed by atoms with Crippen LogP contribution in [0.2, 0.25) is 0 Å². The first-order valence-corrected chi connectivity index (χ1v) is 9.10.